The first-order valence-electron chi connectivity index (χ1n) is 5.84. The molecule has 0 aliphatic heterocycles. The SMILES string of the molecule is COC(C(N)Cc1cc(Br)ccc1F)C1CC1. The molecule has 0 aromatic heterocycles. The van der Waals surface area contributed by atoms with E-state index in [4.69, 9.17) is 10.5 Å². The minimum atomic E-state index is -0.200. The highest BCUT2D eigenvalue weighted by Gasteiger charge is 2.35. The first-order valence-corrected chi connectivity index (χ1v) is 6.63. The fourth-order valence-electron chi connectivity index (χ4n) is 2.21. The van der Waals surface area contributed by atoms with Crippen LogP contribution in [0.2, 0.25) is 0 Å². The number of ether oxygens (including phenoxy) is 1. The van der Waals surface area contributed by atoms with E-state index in [0.717, 1.165) is 4.47 Å². The molecule has 1 aromatic rings. The third-order valence-corrected chi connectivity index (χ3v) is 3.74. The van der Waals surface area contributed by atoms with Gasteiger partial charge in [-0.1, -0.05) is 15.9 Å². The molecule has 1 saturated carbocycles. The second-order valence-electron chi connectivity index (χ2n) is 4.64. The molecule has 0 heterocycles. The zero-order valence-electron chi connectivity index (χ0n) is 9.83. The van der Waals surface area contributed by atoms with Crippen LogP contribution in [-0.4, -0.2) is 19.3 Å². The second kappa shape index (κ2) is 5.46. The zero-order chi connectivity index (χ0) is 12.4. The maximum absolute atomic E-state index is 13.6. The van der Waals surface area contributed by atoms with Gasteiger partial charge in [-0.2, -0.15) is 0 Å². The Bertz CT molecular complexity index is 395. The van der Waals surface area contributed by atoms with Gasteiger partial charge in [0.1, 0.15) is 5.82 Å². The van der Waals surface area contributed by atoms with Gasteiger partial charge in [-0.15, -0.1) is 0 Å². The quantitative estimate of drug-likeness (QED) is 0.907. The van der Waals surface area contributed by atoms with Crippen LogP contribution in [0.4, 0.5) is 4.39 Å². The fraction of sp³-hybridized carbons (Fsp3) is 0.538. The lowest BCUT2D eigenvalue weighted by molar-refractivity contribution is 0.0624. The molecular formula is C13H17BrFNO. The average molecular weight is 302 g/mol. The van der Waals surface area contributed by atoms with E-state index in [1.807, 2.05) is 0 Å². The van der Waals surface area contributed by atoms with Crippen LogP contribution in [0.25, 0.3) is 0 Å². The molecule has 1 aliphatic carbocycles. The van der Waals surface area contributed by atoms with Gasteiger partial charge in [-0.05, 0) is 48.9 Å². The summed E-state index contributed by atoms with van der Waals surface area (Å²) in [6, 6.07) is 4.80. The van der Waals surface area contributed by atoms with E-state index in [1.54, 1.807) is 19.2 Å². The van der Waals surface area contributed by atoms with E-state index in [1.165, 1.54) is 18.9 Å². The van der Waals surface area contributed by atoms with E-state index in [9.17, 15) is 4.39 Å². The highest BCUT2D eigenvalue weighted by Crippen LogP contribution is 2.35. The van der Waals surface area contributed by atoms with Crippen molar-refractivity contribution in [3.05, 3.63) is 34.1 Å². The van der Waals surface area contributed by atoms with Crippen molar-refractivity contribution in [3.8, 4) is 0 Å². The van der Waals surface area contributed by atoms with Crippen molar-refractivity contribution in [2.45, 2.75) is 31.4 Å². The summed E-state index contributed by atoms with van der Waals surface area (Å²) in [5, 5.41) is 0. The molecule has 2 atom stereocenters. The van der Waals surface area contributed by atoms with Gasteiger partial charge in [0.15, 0.2) is 0 Å². The second-order valence-corrected chi connectivity index (χ2v) is 5.56. The van der Waals surface area contributed by atoms with Gasteiger partial charge in [0.05, 0.1) is 6.10 Å². The molecule has 0 spiro atoms. The van der Waals surface area contributed by atoms with Gasteiger partial charge in [0.25, 0.3) is 0 Å². The topological polar surface area (TPSA) is 35.2 Å². The fourth-order valence-corrected chi connectivity index (χ4v) is 2.62. The van der Waals surface area contributed by atoms with Crippen molar-refractivity contribution in [1.82, 2.24) is 0 Å². The van der Waals surface area contributed by atoms with Crippen molar-refractivity contribution in [3.63, 3.8) is 0 Å². The summed E-state index contributed by atoms with van der Waals surface area (Å²) in [5.74, 6) is 0.361. The van der Waals surface area contributed by atoms with Gasteiger partial charge in [0, 0.05) is 17.6 Å². The maximum atomic E-state index is 13.6. The Morgan fingerprint density at radius 1 is 1.53 bits per heavy atom. The molecule has 2 unspecified atom stereocenters. The molecule has 94 valence electrons. The number of hydrogen-bond acceptors (Lipinski definition) is 2. The number of hydrogen-bond donors (Lipinski definition) is 1. The molecule has 4 heteroatoms. The number of nitrogens with two attached hydrogens (primary N) is 1. The van der Waals surface area contributed by atoms with Crippen LogP contribution < -0.4 is 5.73 Å². The highest BCUT2D eigenvalue weighted by atomic mass is 79.9. The molecule has 2 N–H and O–H groups in total. The van der Waals surface area contributed by atoms with Crippen molar-refractivity contribution in [2.75, 3.05) is 7.11 Å². The lowest BCUT2D eigenvalue weighted by Gasteiger charge is -2.22. The van der Waals surface area contributed by atoms with Crippen LogP contribution in [0.15, 0.2) is 22.7 Å². The minimum absolute atomic E-state index is 0.0494. The third-order valence-electron chi connectivity index (χ3n) is 3.24. The Labute approximate surface area is 109 Å². The smallest absolute Gasteiger partial charge is 0.126 e. The Balaban J connectivity index is 2.05. The monoisotopic (exact) mass is 301 g/mol. The molecule has 0 radical (unpaired) electrons. The van der Waals surface area contributed by atoms with Crippen LogP contribution in [0.1, 0.15) is 18.4 Å². The molecule has 1 fully saturated rings. The summed E-state index contributed by atoms with van der Waals surface area (Å²) in [6.07, 6.45) is 2.91. The standard InChI is InChI=1S/C13H17BrFNO/c1-17-13(8-2-3-8)12(16)7-9-6-10(14)4-5-11(9)15/h4-6,8,12-13H,2-3,7,16H2,1H3. The van der Waals surface area contributed by atoms with Crippen LogP contribution in [0.5, 0.6) is 0 Å². The molecular weight excluding hydrogens is 285 g/mol. The molecule has 0 saturated heterocycles. The first-order chi connectivity index (χ1) is 8.11. The van der Waals surface area contributed by atoms with Crippen LogP contribution in [-0.2, 0) is 11.2 Å². The van der Waals surface area contributed by atoms with Gasteiger partial charge in [-0.25, -0.2) is 4.39 Å². The first kappa shape index (κ1) is 13.0. The Hall–Kier alpha value is -0.450. The summed E-state index contributed by atoms with van der Waals surface area (Å²) in [4.78, 5) is 0. The predicted octanol–water partition coefficient (Wildman–Crippen LogP) is 2.88. The van der Waals surface area contributed by atoms with Gasteiger partial charge in [0.2, 0.25) is 0 Å². The molecule has 17 heavy (non-hydrogen) atoms. The van der Waals surface area contributed by atoms with E-state index in [-0.39, 0.29) is 18.0 Å². The largest absolute Gasteiger partial charge is 0.380 e. The molecule has 0 bridgehead atoms. The molecule has 2 rings (SSSR count). The number of halogens is 2. The van der Waals surface area contributed by atoms with E-state index in [0.29, 0.717) is 17.9 Å². The van der Waals surface area contributed by atoms with E-state index in [2.05, 4.69) is 15.9 Å². The van der Waals surface area contributed by atoms with Crippen molar-refractivity contribution in [1.29, 1.82) is 0 Å². The average Bonchev–Trinajstić information content (AvgIpc) is 3.09. The van der Waals surface area contributed by atoms with Crippen LogP contribution in [0.3, 0.4) is 0 Å². The molecule has 1 aromatic carbocycles. The number of benzene rings is 1. The van der Waals surface area contributed by atoms with Crippen LogP contribution >= 0.6 is 15.9 Å². The number of methoxy groups -OCH3 is 1. The van der Waals surface area contributed by atoms with Gasteiger partial charge in [-0.3, -0.25) is 0 Å². The third kappa shape index (κ3) is 3.27. The van der Waals surface area contributed by atoms with E-state index >= 15 is 0 Å². The van der Waals surface area contributed by atoms with E-state index < -0.39 is 0 Å². The highest BCUT2D eigenvalue weighted by molar-refractivity contribution is 9.10. The summed E-state index contributed by atoms with van der Waals surface area (Å²) >= 11 is 3.34. The predicted molar refractivity (Wildman–Crippen MR) is 69.3 cm³/mol. The minimum Gasteiger partial charge on any atom is -0.380 e. The molecule has 1 aliphatic rings. The normalized spacial score (nSPS) is 19.1. The summed E-state index contributed by atoms with van der Waals surface area (Å²) in [5.41, 5.74) is 6.76. The summed E-state index contributed by atoms with van der Waals surface area (Å²) in [7, 11) is 1.68. The Kier molecular flexibility index (Phi) is 4.17. The van der Waals surface area contributed by atoms with Gasteiger partial charge >= 0.3 is 0 Å². The van der Waals surface area contributed by atoms with Crippen LogP contribution in [0, 0.1) is 11.7 Å². The maximum Gasteiger partial charge on any atom is 0.126 e. The lowest BCUT2D eigenvalue weighted by Crippen LogP contribution is -2.39. The van der Waals surface area contributed by atoms with Crippen molar-refractivity contribution < 1.29 is 9.13 Å². The lowest BCUT2D eigenvalue weighted by atomic mass is 9.99. The van der Waals surface area contributed by atoms with Crippen molar-refractivity contribution in [2.24, 2.45) is 11.7 Å². The Morgan fingerprint density at radius 2 is 2.24 bits per heavy atom. The zero-order valence-corrected chi connectivity index (χ0v) is 11.4. The molecule has 0 amide bonds. The van der Waals surface area contributed by atoms with Gasteiger partial charge < -0.3 is 10.5 Å². The summed E-state index contributed by atoms with van der Waals surface area (Å²) in [6.45, 7) is 0. The Morgan fingerprint density at radius 3 is 2.82 bits per heavy atom. The number of rotatable bonds is 5. The molecule has 2 nitrogen and oxygen atoms in total. The summed E-state index contributed by atoms with van der Waals surface area (Å²) < 4.78 is 19.9. The van der Waals surface area contributed by atoms with Crippen molar-refractivity contribution >= 4 is 15.9 Å².